The van der Waals surface area contributed by atoms with Crippen molar-refractivity contribution in [2.75, 3.05) is 6.54 Å². The Balaban J connectivity index is 1.53. The molecule has 2 aromatic rings. The van der Waals surface area contributed by atoms with E-state index in [1.165, 1.54) is 0 Å². The van der Waals surface area contributed by atoms with Crippen molar-refractivity contribution in [1.82, 2.24) is 15.2 Å². The molecule has 0 unspecified atom stereocenters. The van der Waals surface area contributed by atoms with Gasteiger partial charge in [-0.05, 0) is 55.9 Å². The highest BCUT2D eigenvalue weighted by Crippen LogP contribution is 2.47. The van der Waals surface area contributed by atoms with Crippen molar-refractivity contribution in [2.24, 2.45) is 5.92 Å². The van der Waals surface area contributed by atoms with E-state index in [2.05, 4.69) is 23.3 Å². The Morgan fingerprint density at radius 2 is 2.15 bits per heavy atom. The van der Waals surface area contributed by atoms with E-state index >= 15 is 0 Å². The van der Waals surface area contributed by atoms with Gasteiger partial charge in [0.2, 0.25) is 5.91 Å². The highest BCUT2D eigenvalue weighted by Gasteiger charge is 2.53. The molecule has 138 valence electrons. The molecule has 2 fully saturated rings. The van der Waals surface area contributed by atoms with Gasteiger partial charge in [0.05, 0.1) is 23.7 Å². The third kappa shape index (κ3) is 3.14. The molecule has 1 aliphatic carbocycles. The third-order valence-corrected chi connectivity index (χ3v) is 5.60. The highest BCUT2D eigenvalue weighted by atomic mass is 16.2. The fourth-order valence-electron chi connectivity index (χ4n) is 4.09. The van der Waals surface area contributed by atoms with Crippen LogP contribution < -0.4 is 5.32 Å². The van der Waals surface area contributed by atoms with Crippen molar-refractivity contribution in [3.63, 3.8) is 0 Å². The van der Waals surface area contributed by atoms with E-state index in [0.717, 1.165) is 41.4 Å². The van der Waals surface area contributed by atoms with Crippen LogP contribution in [0.3, 0.4) is 0 Å². The number of carbonyl (C=O) groups excluding carboxylic acids is 2. The number of nitrogens with one attached hydrogen (secondary N) is 1. The molecule has 1 aliphatic heterocycles. The van der Waals surface area contributed by atoms with Crippen LogP contribution in [0.4, 0.5) is 0 Å². The molecule has 1 aromatic heterocycles. The van der Waals surface area contributed by atoms with Gasteiger partial charge < -0.3 is 10.2 Å². The van der Waals surface area contributed by atoms with E-state index in [1.807, 2.05) is 25.1 Å². The number of fused-ring (bicyclic) bond motifs is 2. The number of piperidine rings is 1. The fraction of sp³-hybridized carbons (Fsp3) is 0.429. The molecule has 1 N–H and O–H groups in total. The molecule has 2 aliphatic rings. The monoisotopic (exact) mass is 362 g/mol. The van der Waals surface area contributed by atoms with Gasteiger partial charge in [0.1, 0.15) is 6.04 Å². The van der Waals surface area contributed by atoms with Crippen molar-refractivity contribution in [2.45, 2.75) is 45.2 Å². The Morgan fingerprint density at radius 1 is 1.33 bits per heavy atom. The number of benzene rings is 1. The number of aromatic nitrogens is 1. The zero-order chi connectivity index (χ0) is 19.1. The zero-order valence-corrected chi connectivity index (χ0v) is 15.5. The van der Waals surface area contributed by atoms with Gasteiger partial charge in [-0.2, -0.15) is 5.26 Å². The maximum absolute atomic E-state index is 12.8. The van der Waals surface area contributed by atoms with Gasteiger partial charge in [0.25, 0.3) is 5.91 Å². The molecule has 0 spiro atoms. The number of likely N-dealkylation sites (tertiary alicyclic amines) is 1. The summed E-state index contributed by atoms with van der Waals surface area (Å²) in [5.74, 6) is 0.00458. The van der Waals surface area contributed by atoms with Crippen LogP contribution in [0.5, 0.6) is 0 Å². The minimum Gasteiger partial charge on any atom is -0.343 e. The maximum Gasteiger partial charge on any atom is 0.252 e. The summed E-state index contributed by atoms with van der Waals surface area (Å²) in [5.41, 5.74) is 3.19. The Bertz CT molecular complexity index is 978. The standard InChI is InChI=1S/C21H22N4O2/c1-3-13-4-5-18-16(7-13)17(6-12(2)24-18)21(27)23-11-20(26)25-15(10-22)8-14-9-19(14)25/h4-7,14-15,19H,3,8-9,11H2,1-2H3,(H,23,27)/t14-,15+,19+/m1/s1. The molecule has 6 nitrogen and oxygen atoms in total. The Hall–Kier alpha value is -2.94. The van der Waals surface area contributed by atoms with E-state index in [1.54, 1.807) is 11.0 Å². The minimum absolute atomic E-state index is 0.0867. The second-order valence-electron chi connectivity index (χ2n) is 7.44. The topological polar surface area (TPSA) is 86.1 Å². The van der Waals surface area contributed by atoms with Gasteiger partial charge in [-0.15, -0.1) is 0 Å². The number of pyridine rings is 1. The molecule has 0 radical (unpaired) electrons. The average Bonchev–Trinajstić information content (AvgIpc) is 3.34. The number of hydrogen-bond donors (Lipinski definition) is 1. The van der Waals surface area contributed by atoms with Crippen LogP contribution >= 0.6 is 0 Å². The van der Waals surface area contributed by atoms with Gasteiger partial charge in [0, 0.05) is 17.1 Å². The summed E-state index contributed by atoms with van der Waals surface area (Å²) < 4.78 is 0. The molecule has 27 heavy (non-hydrogen) atoms. The van der Waals surface area contributed by atoms with E-state index in [4.69, 9.17) is 0 Å². The van der Waals surface area contributed by atoms with Crippen molar-refractivity contribution >= 4 is 22.7 Å². The number of nitrogens with zero attached hydrogens (tertiary/aromatic N) is 3. The predicted octanol–water partition coefficient (Wildman–Crippen LogP) is 2.35. The van der Waals surface area contributed by atoms with Gasteiger partial charge >= 0.3 is 0 Å². The van der Waals surface area contributed by atoms with E-state index < -0.39 is 0 Å². The molecule has 1 saturated heterocycles. The lowest BCUT2D eigenvalue weighted by molar-refractivity contribution is -0.131. The average molecular weight is 362 g/mol. The minimum atomic E-state index is -0.353. The van der Waals surface area contributed by atoms with E-state index in [9.17, 15) is 14.9 Å². The molecule has 1 saturated carbocycles. The van der Waals surface area contributed by atoms with Crippen LogP contribution in [0.15, 0.2) is 24.3 Å². The smallest absolute Gasteiger partial charge is 0.252 e. The summed E-state index contributed by atoms with van der Waals surface area (Å²) in [7, 11) is 0. The first-order valence-corrected chi connectivity index (χ1v) is 9.41. The fourth-order valence-corrected chi connectivity index (χ4v) is 4.09. The van der Waals surface area contributed by atoms with Crippen LogP contribution in [-0.4, -0.2) is 40.3 Å². The first-order chi connectivity index (χ1) is 13.0. The summed E-state index contributed by atoms with van der Waals surface area (Å²) in [5, 5.41) is 12.8. The second-order valence-corrected chi connectivity index (χ2v) is 7.44. The normalized spacial score (nSPS) is 23.0. The second kappa shape index (κ2) is 6.66. The molecule has 6 heteroatoms. The molecular formula is C21H22N4O2. The summed E-state index contributed by atoms with van der Waals surface area (Å²) >= 11 is 0. The lowest BCUT2D eigenvalue weighted by Crippen LogP contribution is -2.44. The molecular weight excluding hydrogens is 340 g/mol. The summed E-state index contributed by atoms with van der Waals surface area (Å²) in [4.78, 5) is 31.5. The lowest BCUT2D eigenvalue weighted by Gasteiger charge is -2.22. The Labute approximate surface area is 158 Å². The SMILES string of the molecule is CCc1ccc2nc(C)cc(C(=O)NCC(=O)N3[C@H](C#N)C[C@@H]4C[C@@H]43)c2c1. The first-order valence-electron chi connectivity index (χ1n) is 9.41. The van der Waals surface area contributed by atoms with Crippen LogP contribution in [0.2, 0.25) is 0 Å². The van der Waals surface area contributed by atoms with Crippen LogP contribution in [0.1, 0.15) is 41.4 Å². The quantitative estimate of drug-likeness (QED) is 0.904. The van der Waals surface area contributed by atoms with Crippen molar-refractivity contribution in [1.29, 1.82) is 5.26 Å². The molecule has 4 rings (SSSR count). The Kier molecular flexibility index (Phi) is 4.31. The number of rotatable bonds is 4. The number of hydrogen-bond acceptors (Lipinski definition) is 4. The third-order valence-electron chi connectivity index (χ3n) is 5.60. The van der Waals surface area contributed by atoms with Crippen molar-refractivity contribution in [3.05, 3.63) is 41.1 Å². The van der Waals surface area contributed by atoms with E-state index in [-0.39, 0.29) is 30.4 Å². The lowest BCUT2D eigenvalue weighted by atomic mass is 10.0. The largest absolute Gasteiger partial charge is 0.343 e. The van der Waals surface area contributed by atoms with Gasteiger partial charge in [-0.25, -0.2) is 0 Å². The number of aryl methyl sites for hydroxylation is 2. The van der Waals surface area contributed by atoms with Gasteiger partial charge in [-0.1, -0.05) is 13.0 Å². The van der Waals surface area contributed by atoms with Gasteiger partial charge in [-0.3, -0.25) is 14.6 Å². The van der Waals surface area contributed by atoms with Crippen molar-refractivity contribution in [3.8, 4) is 6.07 Å². The summed E-state index contributed by atoms with van der Waals surface area (Å²) in [6.45, 7) is 3.83. The maximum atomic E-state index is 12.8. The number of nitriles is 1. The zero-order valence-electron chi connectivity index (χ0n) is 15.5. The summed E-state index contributed by atoms with van der Waals surface area (Å²) in [6, 6.07) is 9.73. The molecule has 1 aromatic carbocycles. The number of carbonyl (C=O) groups is 2. The van der Waals surface area contributed by atoms with Crippen LogP contribution in [0.25, 0.3) is 10.9 Å². The predicted molar refractivity (Wildman–Crippen MR) is 101 cm³/mol. The molecule has 0 bridgehead atoms. The van der Waals surface area contributed by atoms with Crippen LogP contribution in [-0.2, 0) is 11.2 Å². The van der Waals surface area contributed by atoms with Crippen LogP contribution in [0, 0.1) is 24.2 Å². The molecule has 2 amide bonds. The molecule has 2 heterocycles. The van der Waals surface area contributed by atoms with Gasteiger partial charge in [0.15, 0.2) is 0 Å². The highest BCUT2D eigenvalue weighted by molar-refractivity contribution is 6.07. The Morgan fingerprint density at radius 3 is 2.89 bits per heavy atom. The van der Waals surface area contributed by atoms with E-state index in [0.29, 0.717) is 11.5 Å². The van der Waals surface area contributed by atoms with Crippen molar-refractivity contribution < 1.29 is 9.59 Å². The molecule has 3 atom stereocenters. The summed E-state index contributed by atoms with van der Waals surface area (Å²) in [6.07, 6.45) is 2.61. The first kappa shape index (κ1) is 17.5. The number of amides is 2.